The summed E-state index contributed by atoms with van der Waals surface area (Å²) in [7, 11) is 2.60. The number of hydrogen-bond donors (Lipinski definition) is 3. The zero-order valence-electron chi connectivity index (χ0n) is 14.2. The van der Waals surface area contributed by atoms with Crippen LogP contribution in [0.4, 0.5) is 0 Å². The van der Waals surface area contributed by atoms with Gasteiger partial charge >= 0.3 is 11.9 Å². The molecule has 0 radical (unpaired) electrons. The van der Waals surface area contributed by atoms with Gasteiger partial charge in [-0.2, -0.15) is 0 Å². The van der Waals surface area contributed by atoms with Crippen molar-refractivity contribution >= 4 is 22.7 Å². The third-order valence-corrected chi connectivity index (χ3v) is 4.68. The molecule has 134 valence electrons. The van der Waals surface area contributed by atoms with E-state index in [-0.39, 0.29) is 6.42 Å². The van der Waals surface area contributed by atoms with E-state index in [1.165, 1.54) is 0 Å². The molecule has 0 fully saturated rings. The van der Waals surface area contributed by atoms with E-state index in [9.17, 15) is 19.8 Å². The van der Waals surface area contributed by atoms with Crippen LogP contribution in [0.25, 0.3) is 10.8 Å². The quantitative estimate of drug-likeness (QED) is 0.786. The Morgan fingerprint density at radius 3 is 2.44 bits per heavy atom. The van der Waals surface area contributed by atoms with Crippen molar-refractivity contribution in [3.8, 4) is 5.75 Å². The number of aliphatic hydroxyl groups excluding tert-OH is 1. The molecule has 1 aliphatic rings. The Bertz CT molecular complexity index is 783. The number of ether oxygens (including phenoxy) is 1. The van der Waals surface area contributed by atoms with E-state index in [4.69, 9.17) is 9.84 Å². The minimum Gasteiger partial charge on any atom is -0.497 e. The summed E-state index contributed by atoms with van der Waals surface area (Å²) >= 11 is 0. The summed E-state index contributed by atoms with van der Waals surface area (Å²) in [5, 5.41) is 27.7. The van der Waals surface area contributed by atoms with E-state index in [0.29, 0.717) is 12.8 Å². The predicted octanol–water partition coefficient (Wildman–Crippen LogP) is 2.66. The van der Waals surface area contributed by atoms with Crippen molar-refractivity contribution in [3.63, 3.8) is 0 Å². The Hall–Kier alpha value is -2.60. The first-order valence-corrected chi connectivity index (χ1v) is 8.00. The van der Waals surface area contributed by atoms with E-state index < -0.39 is 23.8 Å². The van der Waals surface area contributed by atoms with E-state index in [1.54, 1.807) is 7.11 Å². The van der Waals surface area contributed by atoms with Crippen LogP contribution < -0.4 is 4.74 Å². The third kappa shape index (κ3) is 3.74. The number of carboxylic acid groups (broad SMARTS) is 2. The summed E-state index contributed by atoms with van der Waals surface area (Å²) in [4.78, 5) is 22.7. The van der Waals surface area contributed by atoms with Crippen LogP contribution in [0.2, 0.25) is 0 Å². The van der Waals surface area contributed by atoms with Crippen molar-refractivity contribution in [3.05, 3.63) is 41.5 Å². The van der Waals surface area contributed by atoms with Crippen LogP contribution in [-0.2, 0) is 16.0 Å². The number of methoxy groups -OCH3 is 1. The highest BCUT2D eigenvalue weighted by molar-refractivity contribution is 5.89. The van der Waals surface area contributed by atoms with Crippen LogP contribution in [0.3, 0.4) is 0 Å². The van der Waals surface area contributed by atoms with Gasteiger partial charge in [0.05, 0.1) is 19.4 Å². The molecule has 1 aliphatic carbocycles. The molecule has 0 amide bonds. The summed E-state index contributed by atoms with van der Waals surface area (Å²) in [6.45, 7) is 0. The van der Waals surface area contributed by atoms with Gasteiger partial charge in [0, 0.05) is 13.0 Å². The highest BCUT2D eigenvalue weighted by Gasteiger charge is 2.36. The average Bonchev–Trinajstić information content (AvgIpc) is 2.62. The zero-order valence-corrected chi connectivity index (χ0v) is 14.2. The Kier molecular flexibility index (Phi) is 5.98. The molecule has 6 nitrogen and oxygen atoms in total. The summed E-state index contributed by atoms with van der Waals surface area (Å²) in [5.74, 6) is -2.31. The molecule has 0 saturated heterocycles. The molecule has 0 heterocycles. The van der Waals surface area contributed by atoms with Gasteiger partial charge in [0.1, 0.15) is 5.75 Å². The largest absolute Gasteiger partial charge is 0.497 e. The SMILES string of the molecule is CO.COc1ccc2ccc3c(c2c1)CCC(C(=O)O)C3CC(=O)O. The van der Waals surface area contributed by atoms with E-state index in [0.717, 1.165) is 34.8 Å². The highest BCUT2D eigenvalue weighted by Crippen LogP contribution is 2.42. The van der Waals surface area contributed by atoms with Crippen LogP contribution in [0.15, 0.2) is 30.3 Å². The van der Waals surface area contributed by atoms with Crippen LogP contribution in [0.1, 0.15) is 29.9 Å². The van der Waals surface area contributed by atoms with Gasteiger partial charge in [-0.05, 0) is 46.9 Å². The lowest BCUT2D eigenvalue weighted by Crippen LogP contribution is -2.29. The first-order valence-electron chi connectivity index (χ1n) is 8.00. The maximum absolute atomic E-state index is 11.5. The second-order valence-electron chi connectivity index (χ2n) is 5.91. The molecule has 2 unspecified atom stereocenters. The Balaban J connectivity index is 0.00000109. The second-order valence-corrected chi connectivity index (χ2v) is 5.91. The second kappa shape index (κ2) is 7.98. The predicted molar refractivity (Wildman–Crippen MR) is 93.1 cm³/mol. The Morgan fingerprint density at radius 2 is 1.84 bits per heavy atom. The number of carbonyl (C=O) groups is 2. The van der Waals surface area contributed by atoms with E-state index >= 15 is 0 Å². The van der Waals surface area contributed by atoms with Crippen molar-refractivity contribution in [1.29, 1.82) is 0 Å². The first kappa shape index (κ1) is 18.7. The minimum absolute atomic E-state index is 0.167. The van der Waals surface area contributed by atoms with Gasteiger partial charge in [-0.25, -0.2) is 0 Å². The molecule has 0 spiro atoms. The monoisotopic (exact) mass is 346 g/mol. The van der Waals surface area contributed by atoms with Crippen molar-refractivity contribution in [2.45, 2.75) is 25.2 Å². The maximum atomic E-state index is 11.5. The molecule has 0 bridgehead atoms. The lowest BCUT2D eigenvalue weighted by Gasteiger charge is -2.31. The number of aliphatic hydroxyl groups is 1. The Morgan fingerprint density at radius 1 is 1.16 bits per heavy atom. The molecule has 25 heavy (non-hydrogen) atoms. The average molecular weight is 346 g/mol. The number of benzene rings is 2. The standard InChI is InChI=1S/C18H18O5.CH4O/c1-23-11-4-2-10-3-5-13-12(15(10)8-11)6-7-14(18(21)22)16(13)9-17(19)20;1-2/h2-5,8,14,16H,6-7,9H2,1H3,(H,19,20)(H,21,22);2H,1H3. The van der Waals surface area contributed by atoms with Gasteiger partial charge < -0.3 is 20.1 Å². The summed E-state index contributed by atoms with van der Waals surface area (Å²) in [6.07, 6.45) is 0.920. The lowest BCUT2D eigenvalue weighted by molar-refractivity contribution is -0.144. The zero-order chi connectivity index (χ0) is 18.6. The first-order chi connectivity index (χ1) is 12.0. The highest BCUT2D eigenvalue weighted by atomic mass is 16.5. The molecular formula is C19H22O6. The molecule has 2 atom stereocenters. The molecule has 2 aromatic carbocycles. The fourth-order valence-electron chi connectivity index (χ4n) is 3.58. The van der Waals surface area contributed by atoms with Gasteiger partial charge in [0.25, 0.3) is 0 Å². The minimum atomic E-state index is -0.972. The summed E-state index contributed by atoms with van der Waals surface area (Å²) < 4.78 is 5.28. The smallest absolute Gasteiger partial charge is 0.307 e. The number of hydrogen-bond acceptors (Lipinski definition) is 4. The fraction of sp³-hybridized carbons (Fsp3) is 0.368. The van der Waals surface area contributed by atoms with Gasteiger partial charge in [-0.3, -0.25) is 9.59 Å². The van der Waals surface area contributed by atoms with Crippen LogP contribution in [-0.4, -0.2) is 41.5 Å². The van der Waals surface area contributed by atoms with Crippen molar-refractivity contribution in [2.24, 2.45) is 5.92 Å². The van der Waals surface area contributed by atoms with Gasteiger partial charge in [-0.1, -0.05) is 18.2 Å². The molecular weight excluding hydrogens is 324 g/mol. The number of aliphatic carboxylic acids is 2. The van der Waals surface area contributed by atoms with Crippen molar-refractivity contribution in [1.82, 2.24) is 0 Å². The van der Waals surface area contributed by atoms with Crippen LogP contribution >= 0.6 is 0 Å². The number of fused-ring (bicyclic) bond motifs is 3. The molecule has 0 aromatic heterocycles. The number of rotatable bonds is 4. The molecule has 3 N–H and O–H groups in total. The van der Waals surface area contributed by atoms with Crippen molar-refractivity contribution in [2.75, 3.05) is 14.2 Å². The molecule has 6 heteroatoms. The summed E-state index contributed by atoms with van der Waals surface area (Å²) in [5.41, 5.74) is 1.89. The van der Waals surface area contributed by atoms with Gasteiger partial charge in [-0.15, -0.1) is 0 Å². The summed E-state index contributed by atoms with van der Waals surface area (Å²) in [6, 6.07) is 9.59. The fourth-order valence-corrected chi connectivity index (χ4v) is 3.58. The van der Waals surface area contributed by atoms with Crippen LogP contribution in [0.5, 0.6) is 5.75 Å². The number of carboxylic acids is 2. The molecule has 3 rings (SSSR count). The third-order valence-electron chi connectivity index (χ3n) is 4.68. The maximum Gasteiger partial charge on any atom is 0.307 e. The van der Waals surface area contributed by atoms with E-state index in [1.807, 2.05) is 30.3 Å². The molecule has 0 aliphatic heterocycles. The Labute approximate surface area is 145 Å². The number of aryl methyl sites for hydroxylation is 1. The van der Waals surface area contributed by atoms with Crippen molar-refractivity contribution < 1.29 is 29.6 Å². The molecule has 0 saturated carbocycles. The topological polar surface area (TPSA) is 104 Å². The van der Waals surface area contributed by atoms with Gasteiger partial charge in [0.15, 0.2) is 0 Å². The normalized spacial score (nSPS) is 18.7. The van der Waals surface area contributed by atoms with E-state index in [2.05, 4.69) is 0 Å². The lowest BCUT2D eigenvalue weighted by atomic mass is 9.72. The van der Waals surface area contributed by atoms with Gasteiger partial charge in [0.2, 0.25) is 0 Å². The van der Waals surface area contributed by atoms with Crippen LogP contribution in [0, 0.1) is 5.92 Å². The molecule has 2 aromatic rings.